The van der Waals surface area contributed by atoms with Crippen LogP contribution in [0.15, 0.2) is 30.5 Å². The first kappa shape index (κ1) is 28.6. The number of rotatable bonds is 7. The fraction of sp³-hybridized carbons (Fsp3) is 0.357. The molecule has 1 aliphatic heterocycles. The molecule has 0 spiro atoms. The molecule has 1 amide bonds. The number of ketones is 1. The van der Waals surface area contributed by atoms with Crippen LogP contribution in [0, 0.1) is 6.92 Å². The van der Waals surface area contributed by atoms with Gasteiger partial charge < -0.3 is 25.0 Å². The highest BCUT2D eigenvalue weighted by atomic mass is 35.5. The minimum atomic E-state index is -4.82. The maximum absolute atomic E-state index is 13.9. The van der Waals surface area contributed by atoms with Crippen LogP contribution >= 0.6 is 11.6 Å². The van der Waals surface area contributed by atoms with Crippen molar-refractivity contribution in [3.8, 4) is 17.4 Å². The van der Waals surface area contributed by atoms with Crippen LogP contribution < -0.4 is 20.1 Å². The van der Waals surface area contributed by atoms with Crippen molar-refractivity contribution < 1.29 is 32.2 Å². The molecule has 0 saturated carbocycles. The van der Waals surface area contributed by atoms with E-state index in [1.807, 2.05) is 14.0 Å². The summed E-state index contributed by atoms with van der Waals surface area (Å²) < 4.78 is 52.6. The second-order valence-electron chi connectivity index (χ2n) is 10.0. The number of likely N-dealkylation sites (tertiary alicyclic amines) is 1. The highest BCUT2D eigenvalue weighted by Crippen LogP contribution is 2.41. The molecule has 216 valence electrons. The van der Waals surface area contributed by atoms with E-state index in [0.29, 0.717) is 12.6 Å². The summed E-state index contributed by atoms with van der Waals surface area (Å²) in [5.74, 6) is -1.42. The SMILES string of the molecule is COc1cc(C(=O)N[C@@H]2CCN(C)C2)c(Cl)cc1Nc1ncc(C(F)(F)F)c(Oc2ccc(C)c3c2C(=O)CC3)n1. The Hall–Kier alpha value is -3.90. The zero-order valence-corrected chi connectivity index (χ0v) is 23.2. The first-order chi connectivity index (χ1) is 19.4. The van der Waals surface area contributed by atoms with Gasteiger partial charge in [0.2, 0.25) is 11.8 Å². The summed E-state index contributed by atoms with van der Waals surface area (Å²) in [7, 11) is 3.34. The summed E-state index contributed by atoms with van der Waals surface area (Å²) in [4.78, 5) is 35.3. The Morgan fingerprint density at radius 3 is 2.66 bits per heavy atom. The molecule has 3 aromatic rings. The molecule has 1 fully saturated rings. The third-order valence-corrected chi connectivity index (χ3v) is 7.48. The van der Waals surface area contributed by atoms with Crippen molar-refractivity contribution >= 4 is 34.9 Å². The number of aromatic nitrogens is 2. The number of amides is 1. The van der Waals surface area contributed by atoms with Gasteiger partial charge in [0, 0.05) is 25.2 Å². The number of methoxy groups -OCH3 is 1. The Bertz CT molecular complexity index is 1530. The van der Waals surface area contributed by atoms with Crippen molar-refractivity contribution in [2.45, 2.75) is 38.4 Å². The van der Waals surface area contributed by atoms with Gasteiger partial charge in [0.1, 0.15) is 17.1 Å². The number of hydrogen-bond donors (Lipinski definition) is 2. The predicted molar refractivity (Wildman–Crippen MR) is 146 cm³/mol. The van der Waals surface area contributed by atoms with Crippen LogP contribution in [0.1, 0.15) is 50.2 Å². The maximum atomic E-state index is 13.9. The zero-order chi connectivity index (χ0) is 29.5. The number of nitrogens with one attached hydrogen (secondary N) is 2. The molecule has 0 unspecified atom stereocenters. The fourth-order valence-electron chi connectivity index (χ4n) is 5.04. The molecule has 2 aliphatic rings. The molecule has 0 bridgehead atoms. The fourth-order valence-corrected chi connectivity index (χ4v) is 5.29. The molecule has 13 heteroatoms. The molecule has 1 saturated heterocycles. The van der Waals surface area contributed by atoms with Crippen LogP contribution in [0.3, 0.4) is 0 Å². The number of ether oxygens (including phenoxy) is 2. The van der Waals surface area contributed by atoms with Crippen molar-refractivity contribution in [3.63, 3.8) is 0 Å². The zero-order valence-electron chi connectivity index (χ0n) is 22.5. The molecule has 2 N–H and O–H groups in total. The van der Waals surface area contributed by atoms with Crippen LogP contribution in [0.4, 0.5) is 24.8 Å². The third-order valence-electron chi connectivity index (χ3n) is 7.16. The van der Waals surface area contributed by atoms with Gasteiger partial charge in [-0.15, -0.1) is 0 Å². The Kier molecular flexibility index (Phi) is 7.80. The van der Waals surface area contributed by atoms with E-state index in [1.54, 1.807) is 6.07 Å². The first-order valence-corrected chi connectivity index (χ1v) is 13.2. The number of anilines is 2. The molecular weight excluding hydrogens is 563 g/mol. The lowest BCUT2D eigenvalue weighted by atomic mass is 10.0. The lowest BCUT2D eigenvalue weighted by Crippen LogP contribution is -2.36. The van der Waals surface area contributed by atoms with Crippen molar-refractivity contribution in [3.05, 3.63) is 63.3 Å². The smallest absolute Gasteiger partial charge is 0.423 e. The summed E-state index contributed by atoms with van der Waals surface area (Å²) in [5, 5.41) is 5.84. The van der Waals surface area contributed by atoms with E-state index in [-0.39, 0.29) is 63.4 Å². The normalized spacial score (nSPS) is 17.0. The van der Waals surface area contributed by atoms with Gasteiger partial charge in [0.05, 0.1) is 28.9 Å². The average molecular weight is 590 g/mol. The highest BCUT2D eigenvalue weighted by molar-refractivity contribution is 6.34. The molecule has 41 heavy (non-hydrogen) atoms. The van der Waals surface area contributed by atoms with E-state index in [0.717, 1.165) is 30.6 Å². The van der Waals surface area contributed by atoms with Gasteiger partial charge in [-0.2, -0.15) is 18.2 Å². The minimum Gasteiger partial charge on any atom is -0.495 e. The molecule has 1 atom stereocenters. The van der Waals surface area contributed by atoms with Gasteiger partial charge in [-0.05, 0) is 62.7 Å². The van der Waals surface area contributed by atoms with Gasteiger partial charge in [0.25, 0.3) is 5.91 Å². The van der Waals surface area contributed by atoms with Crippen molar-refractivity contribution in [2.24, 2.45) is 0 Å². The monoisotopic (exact) mass is 589 g/mol. The molecule has 2 aromatic carbocycles. The van der Waals surface area contributed by atoms with Crippen LogP contribution in [0.25, 0.3) is 0 Å². The van der Waals surface area contributed by atoms with Crippen LogP contribution in [0.2, 0.25) is 5.02 Å². The lowest BCUT2D eigenvalue weighted by molar-refractivity contribution is -0.139. The van der Waals surface area contributed by atoms with Crippen molar-refractivity contribution in [2.75, 3.05) is 32.6 Å². The number of fused-ring (bicyclic) bond motifs is 1. The van der Waals surface area contributed by atoms with Gasteiger partial charge in [-0.1, -0.05) is 17.7 Å². The number of likely N-dealkylation sites (N-methyl/N-ethyl adjacent to an activating group) is 1. The Morgan fingerprint density at radius 2 is 1.98 bits per heavy atom. The number of carbonyl (C=O) groups is 2. The van der Waals surface area contributed by atoms with Gasteiger partial charge in [-0.25, -0.2) is 4.98 Å². The van der Waals surface area contributed by atoms with E-state index in [1.165, 1.54) is 25.3 Å². The average Bonchev–Trinajstić information content (AvgIpc) is 3.50. The molecule has 1 aliphatic carbocycles. The lowest BCUT2D eigenvalue weighted by Gasteiger charge is -2.17. The molecular formula is C28H27ClF3N5O4. The quantitative estimate of drug-likeness (QED) is 0.369. The summed E-state index contributed by atoms with van der Waals surface area (Å²) in [5.41, 5.74) is 1.05. The molecule has 1 aromatic heterocycles. The number of Topliss-reactive ketones (excluding diaryl/α,β-unsaturated/α-hetero) is 1. The van der Waals surface area contributed by atoms with Crippen molar-refractivity contribution in [1.29, 1.82) is 0 Å². The summed E-state index contributed by atoms with van der Waals surface area (Å²) in [6, 6.07) is 5.97. The second kappa shape index (κ2) is 11.2. The number of halogens is 4. The Balaban J connectivity index is 1.45. The summed E-state index contributed by atoms with van der Waals surface area (Å²) >= 11 is 6.42. The van der Waals surface area contributed by atoms with Crippen LogP contribution in [0.5, 0.6) is 17.4 Å². The van der Waals surface area contributed by atoms with Gasteiger partial charge in [0.15, 0.2) is 5.78 Å². The number of aryl methyl sites for hydroxylation is 1. The summed E-state index contributed by atoms with van der Waals surface area (Å²) in [6.45, 7) is 3.41. The van der Waals surface area contributed by atoms with Crippen molar-refractivity contribution in [1.82, 2.24) is 20.2 Å². The predicted octanol–water partition coefficient (Wildman–Crippen LogP) is 5.56. The largest absolute Gasteiger partial charge is 0.495 e. The standard InChI is InChI=1S/C28H27ClF3N5O4/c1-14-4-7-22(24-16(14)5-6-21(24)38)41-26-18(28(30,31)32)12-33-27(36-26)35-20-11-19(29)17(10-23(20)40-3)25(39)34-15-8-9-37(2)13-15/h4,7,10-12,15H,5-6,8-9,13H2,1-3H3,(H,34,39)(H,33,35,36)/t15-/m1/s1. The second-order valence-corrected chi connectivity index (χ2v) is 10.5. The minimum absolute atomic E-state index is 0.00676. The topological polar surface area (TPSA) is 106 Å². The van der Waals surface area contributed by atoms with E-state index >= 15 is 0 Å². The Morgan fingerprint density at radius 1 is 1.20 bits per heavy atom. The van der Waals surface area contributed by atoms with E-state index < -0.39 is 17.6 Å². The molecule has 2 heterocycles. The number of benzene rings is 2. The molecule has 0 radical (unpaired) electrons. The number of alkyl halides is 3. The summed E-state index contributed by atoms with van der Waals surface area (Å²) in [6.07, 6.45) is -2.67. The van der Waals surface area contributed by atoms with E-state index in [2.05, 4.69) is 25.5 Å². The molecule has 9 nitrogen and oxygen atoms in total. The molecule has 5 rings (SSSR count). The van der Waals surface area contributed by atoms with E-state index in [9.17, 15) is 22.8 Å². The van der Waals surface area contributed by atoms with Crippen LogP contribution in [-0.4, -0.2) is 59.8 Å². The number of carbonyl (C=O) groups excluding carboxylic acids is 2. The first-order valence-electron chi connectivity index (χ1n) is 12.9. The maximum Gasteiger partial charge on any atom is 0.423 e. The van der Waals surface area contributed by atoms with Crippen LogP contribution in [-0.2, 0) is 12.6 Å². The van der Waals surface area contributed by atoms with E-state index in [4.69, 9.17) is 21.1 Å². The number of nitrogens with zero attached hydrogens (tertiary/aromatic N) is 3. The Labute approximate surface area is 239 Å². The highest BCUT2D eigenvalue weighted by Gasteiger charge is 2.37. The number of hydrogen-bond acceptors (Lipinski definition) is 8. The third kappa shape index (κ3) is 5.94. The van der Waals surface area contributed by atoms with Gasteiger partial charge >= 0.3 is 6.18 Å². The van der Waals surface area contributed by atoms with Gasteiger partial charge in [-0.3, -0.25) is 9.59 Å².